The zero-order chi connectivity index (χ0) is 10.5. The van der Waals surface area contributed by atoms with Crippen LogP contribution < -0.4 is 0 Å². The summed E-state index contributed by atoms with van der Waals surface area (Å²) in [5.41, 5.74) is 0.829. The van der Waals surface area contributed by atoms with Crippen LogP contribution in [0.2, 0.25) is 0 Å². The molecule has 15 heavy (non-hydrogen) atoms. The van der Waals surface area contributed by atoms with E-state index in [0.717, 1.165) is 5.69 Å². The summed E-state index contributed by atoms with van der Waals surface area (Å²) in [6.45, 7) is 0. The lowest BCUT2D eigenvalue weighted by Gasteiger charge is -1.87. The number of hydrogen-bond donors (Lipinski definition) is 1. The molecule has 0 amide bonds. The summed E-state index contributed by atoms with van der Waals surface area (Å²) in [6, 6.07) is 5.78. The first-order valence-electron chi connectivity index (χ1n) is 4.31. The lowest BCUT2D eigenvalue weighted by molar-refractivity contribution is 0.391. The predicted molar refractivity (Wildman–Crippen MR) is 55.9 cm³/mol. The maximum absolute atomic E-state index is 8.36. The van der Waals surface area contributed by atoms with Crippen molar-refractivity contribution in [1.29, 1.82) is 5.26 Å². The Labute approximate surface area is 90.5 Å². The Morgan fingerprint density at radius 3 is 3.27 bits per heavy atom. The molecule has 1 N–H and O–H groups in total. The number of nitrogens with one attached hydrogen (secondary N) is 1. The van der Waals surface area contributed by atoms with Crippen molar-refractivity contribution in [3.63, 3.8) is 0 Å². The molecule has 0 aliphatic heterocycles. The van der Waals surface area contributed by atoms with Gasteiger partial charge in [0.25, 0.3) is 0 Å². The quantitative estimate of drug-likeness (QED) is 0.795. The minimum absolute atomic E-state index is 0.431. The molecule has 0 spiro atoms. The molecule has 76 valence electrons. The second kappa shape index (κ2) is 4.66. The van der Waals surface area contributed by atoms with E-state index < -0.39 is 0 Å². The van der Waals surface area contributed by atoms with Crippen LogP contribution >= 0.6 is 11.8 Å². The molecule has 2 heterocycles. The Bertz CT molecular complexity index is 457. The lowest BCUT2D eigenvalue weighted by atomic mass is 10.4. The van der Waals surface area contributed by atoms with E-state index in [9.17, 15) is 0 Å². The molecule has 0 saturated carbocycles. The smallest absolute Gasteiger partial charge is 0.237 e. The zero-order valence-corrected chi connectivity index (χ0v) is 8.62. The van der Waals surface area contributed by atoms with Crippen LogP contribution in [0.5, 0.6) is 0 Å². The second-order valence-electron chi connectivity index (χ2n) is 2.75. The molecule has 2 aromatic heterocycles. The predicted octanol–water partition coefficient (Wildman–Crippen LogP) is 1.82. The maximum Gasteiger partial charge on any atom is 0.237 e. The average Bonchev–Trinajstić information content (AvgIpc) is 2.87. The number of H-pyrrole nitrogens is 1. The maximum atomic E-state index is 8.36. The SMILES string of the molecule is N#CCSCc1nc(-c2ccc[nH]2)no1. The van der Waals surface area contributed by atoms with Crippen molar-refractivity contribution in [2.24, 2.45) is 0 Å². The van der Waals surface area contributed by atoms with E-state index in [-0.39, 0.29) is 0 Å². The summed E-state index contributed by atoms with van der Waals surface area (Å²) in [7, 11) is 0. The fourth-order valence-corrected chi connectivity index (χ4v) is 1.56. The summed E-state index contributed by atoms with van der Waals surface area (Å²) in [5.74, 6) is 2.09. The number of rotatable bonds is 4. The fourth-order valence-electron chi connectivity index (χ4n) is 1.08. The highest BCUT2D eigenvalue weighted by Crippen LogP contribution is 2.15. The molecule has 2 rings (SSSR count). The Morgan fingerprint density at radius 2 is 2.53 bits per heavy atom. The van der Waals surface area contributed by atoms with Gasteiger partial charge in [-0.1, -0.05) is 5.16 Å². The van der Waals surface area contributed by atoms with Crippen molar-refractivity contribution < 1.29 is 4.52 Å². The highest BCUT2D eigenvalue weighted by Gasteiger charge is 2.08. The normalized spacial score (nSPS) is 10.1. The molecule has 0 bridgehead atoms. The number of nitrogens with zero attached hydrogens (tertiary/aromatic N) is 3. The molecule has 0 aliphatic rings. The van der Waals surface area contributed by atoms with Crippen molar-refractivity contribution in [3.05, 3.63) is 24.2 Å². The third-order valence-electron chi connectivity index (χ3n) is 1.70. The second-order valence-corrected chi connectivity index (χ2v) is 3.73. The zero-order valence-electron chi connectivity index (χ0n) is 7.80. The molecule has 0 saturated heterocycles. The molecular formula is C9H8N4OS. The first-order chi connectivity index (χ1) is 7.40. The lowest BCUT2D eigenvalue weighted by Crippen LogP contribution is -1.83. The van der Waals surface area contributed by atoms with Crippen LogP contribution in [-0.4, -0.2) is 20.9 Å². The highest BCUT2D eigenvalue weighted by molar-refractivity contribution is 7.98. The van der Waals surface area contributed by atoms with Gasteiger partial charge in [-0.2, -0.15) is 10.2 Å². The van der Waals surface area contributed by atoms with Gasteiger partial charge >= 0.3 is 0 Å². The Morgan fingerprint density at radius 1 is 1.60 bits per heavy atom. The van der Waals surface area contributed by atoms with Crippen LogP contribution in [-0.2, 0) is 5.75 Å². The van der Waals surface area contributed by atoms with Gasteiger partial charge < -0.3 is 9.51 Å². The molecule has 0 radical (unpaired) electrons. The van der Waals surface area contributed by atoms with Crippen molar-refractivity contribution in [1.82, 2.24) is 15.1 Å². The Kier molecular flexibility index (Phi) is 3.05. The number of aromatic amines is 1. The van der Waals surface area contributed by atoms with Crippen molar-refractivity contribution in [3.8, 4) is 17.6 Å². The van der Waals surface area contributed by atoms with Crippen LogP contribution in [0.4, 0.5) is 0 Å². The number of thioether (sulfide) groups is 1. The van der Waals surface area contributed by atoms with E-state index >= 15 is 0 Å². The van der Waals surface area contributed by atoms with E-state index in [1.165, 1.54) is 11.8 Å². The first kappa shape index (κ1) is 9.80. The number of nitriles is 1. The van der Waals surface area contributed by atoms with Crippen LogP contribution in [0.1, 0.15) is 5.89 Å². The van der Waals surface area contributed by atoms with Gasteiger partial charge in [0, 0.05) is 6.20 Å². The first-order valence-corrected chi connectivity index (χ1v) is 5.46. The molecule has 0 aromatic carbocycles. The molecule has 5 nitrogen and oxygen atoms in total. The average molecular weight is 220 g/mol. The van der Waals surface area contributed by atoms with Crippen LogP contribution in [0, 0.1) is 11.3 Å². The van der Waals surface area contributed by atoms with Crippen molar-refractivity contribution in [2.45, 2.75) is 5.75 Å². The summed E-state index contributed by atoms with van der Waals surface area (Å²) < 4.78 is 5.02. The third kappa shape index (κ3) is 2.39. The van der Waals surface area contributed by atoms with Crippen LogP contribution in [0.3, 0.4) is 0 Å². The molecule has 6 heteroatoms. The monoisotopic (exact) mass is 220 g/mol. The van der Waals surface area contributed by atoms with Gasteiger partial charge in [-0.25, -0.2) is 0 Å². The molecule has 0 unspecified atom stereocenters. The largest absolute Gasteiger partial charge is 0.359 e. The third-order valence-corrected chi connectivity index (χ3v) is 2.48. The van der Waals surface area contributed by atoms with Crippen molar-refractivity contribution in [2.75, 3.05) is 5.75 Å². The van der Waals surface area contributed by atoms with Crippen LogP contribution in [0.25, 0.3) is 11.5 Å². The van der Waals surface area contributed by atoms with Crippen molar-refractivity contribution >= 4 is 11.8 Å². The minimum Gasteiger partial charge on any atom is -0.359 e. The summed E-state index contributed by atoms with van der Waals surface area (Å²) in [4.78, 5) is 7.18. The fraction of sp³-hybridized carbons (Fsp3) is 0.222. The van der Waals surface area contributed by atoms with Gasteiger partial charge in [0.2, 0.25) is 11.7 Å². The number of hydrogen-bond acceptors (Lipinski definition) is 5. The summed E-state index contributed by atoms with van der Waals surface area (Å²) >= 11 is 1.45. The summed E-state index contributed by atoms with van der Waals surface area (Å²) in [5, 5.41) is 12.2. The number of aromatic nitrogens is 3. The summed E-state index contributed by atoms with van der Waals surface area (Å²) in [6.07, 6.45) is 1.80. The van der Waals surface area contributed by atoms with E-state index in [0.29, 0.717) is 23.2 Å². The van der Waals surface area contributed by atoms with Gasteiger partial charge in [0.15, 0.2) is 0 Å². The van der Waals surface area contributed by atoms with Gasteiger partial charge in [-0.15, -0.1) is 11.8 Å². The Balaban J connectivity index is 2.02. The molecule has 0 aliphatic carbocycles. The van der Waals surface area contributed by atoms with E-state index in [1.54, 1.807) is 6.20 Å². The standard InChI is InChI=1S/C9H8N4OS/c10-3-5-15-6-8-12-9(13-14-8)7-2-1-4-11-7/h1-2,4,11H,5-6H2. The minimum atomic E-state index is 0.431. The molecule has 2 aromatic rings. The van der Waals surface area contributed by atoms with Crippen LogP contribution in [0.15, 0.2) is 22.9 Å². The van der Waals surface area contributed by atoms with Gasteiger partial charge in [0.1, 0.15) is 0 Å². The van der Waals surface area contributed by atoms with E-state index in [2.05, 4.69) is 15.1 Å². The topological polar surface area (TPSA) is 78.5 Å². The molecule has 0 atom stereocenters. The molecule has 0 fully saturated rings. The van der Waals surface area contributed by atoms with Gasteiger partial charge in [-0.05, 0) is 12.1 Å². The van der Waals surface area contributed by atoms with E-state index in [4.69, 9.17) is 9.78 Å². The Hall–Kier alpha value is -1.74. The van der Waals surface area contributed by atoms with Gasteiger partial charge in [0.05, 0.1) is 23.3 Å². The van der Waals surface area contributed by atoms with Gasteiger partial charge in [-0.3, -0.25) is 0 Å². The van der Waals surface area contributed by atoms with E-state index in [1.807, 2.05) is 18.2 Å². The highest BCUT2D eigenvalue weighted by atomic mass is 32.2. The molecular weight excluding hydrogens is 212 g/mol.